The van der Waals surface area contributed by atoms with Crippen LogP contribution in [-0.2, 0) is 10.5 Å². The van der Waals surface area contributed by atoms with Crippen LogP contribution in [0.1, 0.15) is 45.6 Å². The van der Waals surface area contributed by atoms with Crippen molar-refractivity contribution in [3.05, 3.63) is 35.9 Å². The Bertz CT molecular complexity index is 422. The summed E-state index contributed by atoms with van der Waals surface area (Å²) >= 11 is 1.87. The second-order valence-corrected chi connectivity index (χ2v) is 6.79. The van der Waals surface area contributed by atoms with E-state index in [0.29, 0.717) is 12.8 Å². The van der Waals surface area contributed by atoms with Crippen LogP contribution >= 0.6 is 11.8 Å². The summed E-state index contributed by atoms with van der Waals surface area (Å²) in [5, 5.41) is 12.8. The number of rotatable bonds is 10. The Morgan fingerprint density at radius 1 is 1.33 bits per heavy atom. The lowest BCUT2D eigenvalue weighted by atomic mass is 9.90. The van der Waals surface area contributed by atoms with Gasteiger partial charge in [-0.25, -0.2) is 0 Å². The molecule has 0 radical (unpaired) electrons. The van der Waals surface area contributed by atoms with E-state index in [1.807, 2.05) is 38.6 Å². The molecule has 0 saturated carbocycles. The highest BCUT2D eigenvalue weighted by Gasteiger charge is 2.36. The fraction of sp³-hybridized carbons (Fsp3) is 0.588. The minimum absolute atomic E-state index is 0.179. The minimum atomic E-state index is -0.776. The third kappa shape index (κ3) is 6.10. The predicted octanol–water partition coefficient (Wildman–Crippen LogP) is 3.93. The Labute approximate surface area is 132 Å². The second-order valence-electron chi connectivity index (χ2n) is 5.68. The van der Waals surface area contributed by atoms with E-state index >= 15 is 0 Å². The molecule has 0 aliphatic rings. The molecule has 0 aliphatic heterocycles. The highest BCUT2D eigenvalue weighted by atomic mass is 32.2. The number of benzene rings is 1. The number of aliphatic carboxylic acids is 1. The van der Waals surface area contributed by atoms with E-state index in [0.717, 1.165) is 17.9 Å². The zero-order valence-electron chi connectivity index (χ0n) is 13.3. The van der Waals surface area contributed by atoms with Gasteiger partial charge in [-0.1, -0.05) is 37.3 Å². The fourth-order valence-corrected chi connectivity index (χ4v) is 3.38. The Morgan fingerprint density at radius 3 is 2.52 bits per heavy atom. The van der Waals surface area contributed by atoms with Gasteiger partial charge in [-0.3, -0.25) is 10.1 Å². The van der Waals surface area contributed by atoms with Crippen LogP contribution in [0.3, 0.4) is 0 Å². The number of carboxylic acid groups (broad SMARTS) is 1. The van der Waals surface area contributed by atoms with E-state index in [1.54, 1.807) is 0 Å². The van der Waals surface area contributed by atoms with Crippen molar-refractivity contribution in [1.82, 2.24) is 5.32 Å². The fourth-order valence-electron chi connectivity index (χ4n) is 2.46. The van der Waals surface area contributed by atoms with Crippen molar-refractivity contribution in [2.75, 3.05) is 5.75 Å². The van der Waals surface area contributed by atoms with Gasteiger partial charge >= 0.3 is 5.97 Å². The molecule has 1 aromatic carbocycles. The van der Waals surface area contributed by atoms with Crippen molar-refractivity contribution >= 4 is 17.7 Å². The molecule has 4 heteroatoms. The largest absolute Gasteiger partial charge is 0.480 e. The van der Waals surface area contributed by atoms with Gasteiger partial charge in [-0.15, -0.1) is 0 Å². The number of nitrogens with one attached hydrogen (secondary N) is 1. The number of carbonyl (C=O) groups is 1. The van der Waals surface area contributed by atoms with E-state index in [-0.39, 0.29) is 6.04 Å². The zero-order valence-corrected chi connectivity index (χ0v) is 14.1. The molecule has 0 aliphatic carbocycles. The highest BCUT2D eigenvalue weighted by molar-refractivity contribution is 7.98. The van der Waals surface area contributed by atoms with Gasteiger partial charge in [0, 0.05) is 11.8 Å². The molecule has 2 N–H and O–H groups in total. The molecule has 0 saturated heterocycles. The van der Waals surface area contributed by atoms with Crippen LogP contribution in [0.25, 0.3) is 0 Å². The molecule has 1 aromatic rings. The van der Waals surface area contributed by atoms with Crippen molar-refractivity contribution in [2.24, 2.45) is 0 Å². The lowest BCUT2D eigenvalue weighted by Crippen LogP contribution is -2.54. The molecule has 118 valence electrons. The van der Waals surface area contributed by atoms with Crippen LogP contribution in [0.2, 0.25) is 0 Å². The summed E-state index contributed by atoms with van der Waals surface area (Å²) in [5.74, 6) is 1.25. The molecule has 0 heterocycles. The third-order valence-electron chi connectivity index (χ3n) is 3.58. The lowest BCUT2D eigenvalue weighted by molar-refractivity contribution is -0.145. The first-order chi connectivity index (χ1) is 10.00. The molecule has 1 unspecified atom stereocenters. The number of carboxylic acids is 1. The number of thioether (sulfide) groups is 1. The van der Waals surface area contributed by atoms with Gasteiger partial charge in [0.15, 0.2) is 0 Å². The van der Waals surface area contributed by atoms with Crippen LogP contribution < -0.4 is 5.32 Å². The van der Waals surface area contributed by atoms with Gasteiger partial charge in [0.2, 0.25) is 0 Å². The van der Waals surface area contributed by atoms with E-state index < -0.39 is 11.5 Å². The normalized spacial score (nSPS) is 14.1. The highest BCUT2D eigenvalue weighted by Crippen LogP contribution is 2.22. The van der Waals surface area contributed by atoms with Crippen molar-refractivity contribution in [3.63, 3.8) is 0 Å². The first-order valence-corrected chi connectivity index (χ1v) is 8.78. The number of hydrogen-bond acceptors (Lipinski definition) is 3. The minimum Gasteiger partial charge on any atom is -0.480 e. The molecular formula is C17H27NO2S. The van der Waals surface area contributed by atoms with Crippen LogP contribution in [-0.4, -0.2) is 28.4 Å². The molecule has 1 rings (SSSR count). The van der Waals surface area contributed by atoms with E-state index in [4.69, 9.17) is 0 Å². The predicted molar refractivity (Wildman–Crippen MR) is 90.8 cm³/mol. The molecule has 0 aromatic heterocycles. The van der Waals surface area contributed by atoms with Crippen molar-refractivity contribution < 1.29 is 9.90 Å². The van der Waals surface area contributed by atoms with E-state index in [1.165, 1.54) is 5.56 Å². The molecular weight excluding hydrogens is 282 g/mol. The Morgan fingerprint density at radius 2 is 2.00 bits per heavy atom. The maximum Gasteiger partial charge on any atom is 0.323 e. The topological polar surface area (TPSA) is 49.3 Å². The van der Waals surface area contributed by atoms with Crippen LogP contribution in [0.15, 0.2) is 30.3 Å². The summed E-state index contributed by atoms with van der Waals surface area (Å²) in [6.07, 6.45) is 2.21. The quantitative estimate of drug-likeness (QED) is 0.643. The smallest absolute Gasteiger partial charge is 0.323 e. The summed E-state index contributed by atoms with van der Waals surface area (Å²) in [5.41, 5.74) is 0.546. The van der Waals surface area contributed by atoms with Gasteiger partial charge < -0.3 is 5.11 Å². The average molecular weight is 309 g/mol. The maximum absolute atomic E-state index is 11.6. The zero-order chi connectivity index (χ0) is 15.7. The third-order valence-corrected chi connectivity index (χ3v) is 4.70. The van der Waals surface area contributed by atoms with Crippen LogP contribution in [0.4, 0.5) is 0 Å². The second kappa shape index (κ2) is 9.11. The molecule has 0 spiro atoms. The Kier molecular flexibility index (Phi) is 7.83. The molecule has 3 nitrogen and oxygen atoms in total. The number of hydrogen-bond donors (Lipinski definition) is 2. The summed E-state index contributed by atoms with van der Waals surface area (Å²) in [6, 6.07) is 10.6. The lowest BCUT2D eigenvalue weighted by Gasteiger charge is -2.31. The molecule has 0 amide bonds. The van der Waals surface area contributed by atoms with Crippen molar-refractivity contribution in [2.45, 2.75) is 57.4 Å². The first kappa shape index (κ1) is 18.1. The van der Waals surface area contributed by atoms with Gasteiger partial charge in [-0.05, 0) is 44.4 Å². The van der Waals surface area contributed by atoms with Crippen molar-refractivity contribution in [3.8, 4) is 0 Å². The van der Waals surface area contributed by atoms with Crippen molar-refractivity contribution in [1.29, 1.82) is 0 Å². The molecule has 1 atom stereocenters. The van der Waals surface area contributed by atoms with Crippen LogP contribution in [0, 0.1) is 0 Å². The molecule has 0 bridgehead atoms. The summed E-state index contributed by atoms with van der Waals surface area (Å²) in [4.78, 5) is 11.6. The average Bonchev–Trinajstić information content (AvgIpc) is 2.46. The van der Waals surface area contributed by atoms with Gasteiger partial charge in [0.25, 0.3) is 0 Å². The Balaban J connectivity index is 2.38. The van der Waals surface area contributed by atoms with Crippen LogP contribution in [0.5, 0.6) is 0 Å². The standard InChI is InChI=1S/C17H27NO2S/c1-4-17(16(19)20,18-14(2)3)11-8-12-21-13-15-9-6-5-7-10-15/h5-7,9-10,14,18H,4,8,11-13H2,1-3H3,(H,19,20). The molecule has 0 fully saturated rings. The van der Waals surface area contributed by atoms with Gasteiger partial charge in [0.05, 0.1) is 0 Å². The summed E-state index contributed by atoms with van der Waals surface area (Å²) in [6.45, 7) is 5.94. The summed E-state index contributed by atoms with van der Waals surface area (Å²) in [7, 11) is 0. The Hall–Kier alpha value is -1.00. The molecule has 21 heavy (non-hydrogen) atoms. The van der Waals surface area contributed by atoms with E-state index in [9.17, 15) is 9.90 Å². The van der Waals surface area contributed by atoms with Gasteiger partial charge in [0.1, 0.15) is 5.54 Å². The monoisotopic (exact) mass is 309 g/mol. The summed E-state index contributed by atoms with van der Waals surface area (Å²) < 4.78 is 0. The first-order valence-electron chi connectivity index (χ1n) is 7.63. The maximum atomic E-state index is 11.6. The van der Waals surface area contributed by atoms with E-state index in [2.05, 4.69) is 29.6 Å². The van der Waals surface area contributed by atoms with Gasteiger partial charge in [-0.2, -0.15) is 11.8 Å². The SMILES string of the molecule is CCC(CCCSCc1ccccc1)(NC(C)C)C(=O)O.